The monoisotopic (exact) mass is 435 g/mol. The molecule has 0 unspecified atom stereocenters. The highest BCUT2D eigenvalue weighted by Crippen LogP contribution is 2.35. The molecule has 0 radical (unpaired) electrons. The molecule has 3 aromatic rings. The first kappa shape index (κ1) is 21.6. The van der Waals surface area contributed by atoms with Crippen LogP contribution in [0.3, 0.4) is 0 Å². The Balaban J connectivity index is 1.97. The topological polar surface area (TPSA) is 82.8 Å². The zero-order valence-corrected chi connectivity index (χ0v) is 18.0. The second kappa shape index (κ2) is 9.57. The summed E-state index contributed by atoms with van der Waals surface area (Å²) in [4.78, 5) is 29.1. The Kier molecular flexibility index (Phi) is 6.88. The second-order valence-corrected chi connectivity index (χ2v) is 7.91. The molecular weight excluding hydrogens is 418 g/mol. The molecule has 0 saturated carbocycles. The molecule has 0 fully saturated rings. The number of ketones is 1. The molecule has 0 saturated heterocycles. The van der Waals surface area contributed by atoms with Gasteiger partial charge in [0.25, 0.3) is 0 Å². The van der Waals surface area contributed by atoms with Crippen molar-refractivity contribution in [3.8, 4) is 17.2 Å². The lowest BCUT2D eigenvalue weighted by Gasteiger charge is -2.15. The number of rotatable bonds is 6. The molecule has 1 aromatic heterocycles. The number of carbonyl (C=O) groups is 2. The number of nitrogens with zero attached hydrogens (tertiary/aromatic N) is 2. The number of benzene rings is 2. The molecule has 5 nitrogen and oxygen atoms in total. The number of halogens is 1. The van der Waals surface area contributed by atoms with E-state index in [2.05, 4.69) is 16.4 Å². The highest BCUT2D eigenvalue weighted by Gasteiger charge is 2.22. The van der Waals surface area contributed by atoms with E-state index in [0.717, 1.165) is 11.8 Å². The van der Waals surface area contributed by atoms with Crippen LogP contribution in [-0.2, 0) is 4.79 Å². The third kappa shape index (κ3) is 4.88. The number of hydrogen-bond acceptors (Lipinski definition) is 5. The average molecular weight is 436 g/mol. The van der Waals surface area contributed by atoms with Crippen molar-refractivity contribution in [3.63, 3.8) is 0 Å². The molecule has 30 heavy (non-hydrogen) atoms. The Labute approximate surface area is 184 Å². The summed E-state index contributed by atoms with van der Waals surface area (Å²) in [5.74, 6) is -0.312. The van der Waals surface area contributed by atoms with Crippen molar-refractivity contribution < 1.29 is 9.59 Å². The van der Waals surface area contributed by atoms with Crippen LogP contribution in [0.4, 0.5) is 5.69 Å². The molecule has 150 valence electrons. The molecule has 0 aliphatic heterocycles. The quantitative estimate of drug-likeness (QED) is 0.407. The minimum absolute atomic E-state index is 0.0789. The Morgan fingerprint density at radius 3 is 2.40 bits per heavy atom. The number of anilines is 1. The number of hydrogen-bond donors (Lipinski definition) is 1. The molecule has 1 heterocycles. The van der Waals surface area contributed by atoms with Gasteiger partial charge in [0.1, 0.15) is 11.1 Å². The lowest BCUT2D eigenvalue weighted by molar-refractivity contribution is -0.113. The number of thioether (sulfide) groups is 1. The number of carbonyl (C=O) groups excluding carboxylic acids is 2. The van der Waals surface area contributed by atoms with Crippen molar-refractivity contribution in [2.45, 2.75) is 18.9 Å². The fourth-order valence-corrected chi connectivity index (χ4v) is 4.03. The fraction of sp³-hybridized carbons (Fsp3) is 0.130. The maximum Gasteiger partial charge on any atom is 0.234 e. The Hall–Kier alpha value is -3.14. The molecule has 1 N–H and O–H groups in total. The van der Waals surface area contributed by atoms with Gasteiger partial charge < -0.3 is 5.32 Å². The summed E-state index contributed by atoms with van der Waals surface area (Å²) in [7, 11) is 0. The van der Waals surface area contributed by atoms with Crippen molar-refractivity contribution >= 4 is 40.7 Å². The average Bonchev–Trinajstić information content (AvgIpc) is 2.72. The van der Waals surface area contributed by atoms with Gasteiger partial charge in [-0.2, -0.15) is 5.26 Å². The standard InChI is InChI=1S/C23H18ClN3O2S/c1-14-21(15(2)28)22(16-8-10-17(24)11-9-16)19(12-25)23(26-14)30-13-20(29)27-18-6-4-3-5-7-18/h3-11H,13H2,1-2H3,(H,27,29). The molecule has 7 heteroatoms. The third-order valence-electron chi connectivity index (χ3n) is 4.34. The van der Waals surface area contributed by atoms with Crippen LogP contribution in [0.2, 0.25) is 5.02 Å². The minimum Gasteiger partial charge on any atom is -0.325 e. The van der Waals surface area contributed by atoms with E-state index in [0.29, 0.717) is 38.1 Å². The second-order valence-electron chi connectivity index (χ2n) is 6.51. The van der Waals surface area contributed by atoms with E-state index in [1.54, 1.807) is 43.3 Å². The number of aryl methyl sites for hydroxylation is 1. The highest BCUT2D eigenvalue weighted by atomic mass is 35.5. The first-order valence-corrected chi connectivity index (χ1v) is 10.5. The number of amides is 1. The van der Waals surface area contributed by atoms with Crippen LogP contribution < -0.4 is 5.32 Å². The summed E-state index contributed by atoms with van der Waals surface area (Å²) >= 11 is 7.16. The number of aromatic nitrogens is 1. The predicted molar refractivity (Wildman–Crippen MR) is 120 cm³/mol. The molecule has 3 rings (SSSR count). The van der Waals surface area contributed by atoms with Crippen molar-refractivity contribution in [1.29, 1.82) is 5.26 Å². The summed E-state index contributed by atoms with van der Waals surface area (Å²) < 4.78 is 0. The zero-order valence-electron chi connectivity index (χ0n) is 16.4. The highest BCUT2D eigenvalue weighted by molar-refractivity contribution is 8.00. The molecule has 0 aliphatic carbocycles. The van der Waals surface area contributed by atoms with Gasteiger partial charge >= 0.3 is 0 Å². The molecule has 0 bridgehead atoms. The summed E-state index contributed by atoms with van der Waals surface area (Å²) in [6.45, 7) is 3.18. The molecule has 0 atom stereocenters. The normalized spacial score (nSPS) is 10.3. The van der Waals surface area contributed by atoms with E-state index < -0.39 is 0 Å². The minimum atomic E-state index is -0.210. The van der Waals surface area contributed by atoms with Gasteiger partial charge in [-0.1, -0.05) is 53.7 Å². The fourth-order valence-electron chi connectivity index (χ4n) is 3.07. The van der Waals surface area contributed by atoms with Crippen LogP contribution in [0.1, 0.15) is 28.5 Å². The Morgan fingerprint density at radius 1 is 1.13 bits per heavy atom. The molecule has 0 spiro atoms. The lowest BCUT2D eigenvalue weighted by Crippen LogP contribution is -2.14. The van der Waals surface area contributed by atoms with Crippen molar-refractivity contribution in [3.05, 3.63) is 76.4 Å². The van der Waals surface area contributed by atoms with Crippen LogP contribution in [0.25, 0.3) is 11.1 Å². The van der Waals surface area contributed by atoms with Gasteiger partial charge in [0, 0.05) is 21.8 Å². The van der Waals surface area contributed by atoms with Crippen LogP contribution in [0, 0.1) is 18.3 Å². The summed E-state index contributed by atoms with van der Waals surface area (Å²) in [6.07, 6.45) is 0. The van der Waals surface area contributed by atoms with E-state index >= 15 is 0 Å². The van der Waals surface area contributed by atoms with E-state index in [1.807, 2.05) is 18.2 Å². The van der Waals surface area contributed by atoms with E-state index in [-0.39, 0.29) is 23.0 Å². The maximum atomic E-state index is 12.3. The van der Waals surface area contributed by atoms with Crippen LogP contribution in [0.15, 0.2) is 59.6 Å². The van der Waals surface area contributed by atoms with Crippen molar-refractivity contribution in [1.82, 2.24) is 4.98 Å². The van der Waals surface area contributed by atoms with Gasteiger partial charge in [-0.3, -0.25) is 9.59 Å². The van der Waals surface area contributed by atoms with Gasteiger partial charge in [0.2, 0.25) is 5.91 Å². The Morgan fingerprint density at radius 2 is 1.80 bits per heavy atom. The number of pyridine rings is 1. The molecular formula is C23H18ClN3O2S. The van der Waals surface area contributed by atoms with Crippen LogP contribution in [-0.4, -0.2) is 22.4 Å². The summed E-state index contributed by atoms with van der Waals surface area (Å²) in [6, 6.07) is 18.2. The van der Waals surface area contributed by atoms with Gasteiger partial charge in [-0.15, -0.1) is 0 Å². The van der Waals surface area contributed by atoms with Crippen LogP contribution >= 0.6 is 23.4 Å². The SMILES string of the molecule is CC(=O)c1c(C)nc(SCC(=O)Nc2ccccc2)c(C#N)c1-c1ccc(Cl)cc1. The number of nitriles is 1. The van der Waals surface area contributed by atoms with Gasteiger partial charge in [0.05, 0.1) is 17.0 Å². The number of Topliss-reactive ketones (excluding diaryl/α,β-unsaturated/α-hetero) is 1. The lowest BCUT2D eigenvalue weighted by atomic mass is 9.93. The van der Waals surface area contributed by atoms with E-state index in [9.17, 15) is 14.9 Å². The van der Waals surface area contributed by atoms with Gasteiger partial charge in [-0.25, -0.2) is 4.98 Å². The predicted octanol–water partition coefficient (Wildman–Crippen LogP) is 5.52. The smallest absolute Gasteiger partial charge is 0.234 e. The summed E-state index contributed by atoms with van der Waals surface area (Å²) in [5, 5.41) is 13.6. The number of para-hydroxylation sites is 1. The Bertz CT molecular complexity index is 1140. The van der Waals surface area contributed by atoms with Gasteiger partial charge in [0.15, 0.2) is 5.78 Å². The zero-order chi connectivity index (χ0) is 21.7. The molecule has 0 aliphatic rings. The third-order valence-corrected chi connectivity index (χ3v) is 5.57. The largest absolute Gasteiger partial charge is 0.325 e. The van der Waals surface area contributed by atoms with Crippen LogP contribution in [0.5, 0.6) is 0 Å². The van der Waals surface area contributed by atoms with E-state index in [4.69, 9.17) is 11.6 Å². The number of nitrogens with one attached hydrogen (secondary N) is 1. The molecule has 2 aromatic carbocycles. The summed E-state index contributed by atoms with van der Waals surface area (Å²) in [5.41, 5.74) is 3.08. The van der Waals surface area contributed by atoms with Crippen molar-refractivity contribution in [2.75, 3.05) is 11.1 Å². The maximum absolute atomic E-state index is 12.3. The first-order valence-electron chi connectivity index (χ1n) is 9.10. The van der Waals surface area contributed by atoms with E-state index in [1.165, 1.54) is 6.92 Å². The van der Waals surface area contributed by atoms with Crippen molar-refractivity contribution in [2.24, 2.45) is 0 Å². The molecule has 1 amide bonds. The first-order chi connectivity index (χ1) is 14.4. The van der Waals surface area contributed by atoms with Gasteiger partial charge in [-0.05, 0) is 43.7 Å².